The Morgan fingerprint density at radius 1 is 1.05 bits per heavy atom. The maximum Gasteiger partial charge on any atom is 0.139 e. The van der Waals surface area contributed by atoms with Crippen LogP contribution in [0.3, 0.4) is 0 Å². The van der Waals surface area contributed by atoms with E-state index < -0.39 is 0 Å². The van der Waals surface area contributed by atoms with Crippen LogP contribution in [-0.4, -0.2) is 11.6 Å². The number of rotatable bonds is 1. The summed E-state index contributed by atoms with van der Waals surface area (Å²) in [6, 6.07) is 16.5. The van der Waals surface area contributed by atoms with Gasteiger partial charge in [0, 0.05) is 11.3 Å². The number of ether oxygens (including phenoxy) is 1. The summed E-state index contributed by atoms with van der Waals surface area (Å²) in [5.41, 5.74) is 3.54. The van der Waals surface area contributed by atoms with E-state index >= 15 is 0 Å². The van der Waals surface area contributed by atoms with Crippen molar-refractivity contribution in [3.8, 4) is 5.75 Å². The zero-order valence-corrected chi connectivity index (χ0v) is 11.6. The predicted octanol–water partition coefficient (Wildman–Crippen LogP) is 3.72. The summed E-state index contributed by atoms with van der Waals surface area (Å²) < 4.78 is 5.75. The Labute approximate surface area is 118 Å². The molecule has 0 amide bonds. The molecule has 2 aromatic carbocycles. The van der Waals surface area contributed by atoms with E-state index in [2.05, 4.69) is 42.2 Å². The quantitative estimate of drug-likeness (QED) is 0.732. The van der Waals surface area contributed by atoms with E-state index in [0.717, 1.165) is 23.0 Å². The predicted molar refractivity (Wildman–Crippen MR) is 81.9 cm³/mol. The normalized spacial score (nSPS) is 14.6. The van der Waals surface area contributed by atoms with Crippen LogP contribution in [0.25, 0.3) is 0 Å². The SMILES string of the molecule is Cc1ccc(N2Cc3ccccc3OCC2=S)cc1. The molecule has 0 atom stereocenters. The van der Waals surface area contributed by atoms with Gasteiger partial charge in [0.1, 0.15) is 17.3 Å². The van der Waals surface area contributed by atoms with Crippen molar-refractivity contribution in [1.29, 1.82) is 0 Å². The first-order valence-electron chi connectivity index (χ1n) is 6.32. The zero-order valence-electron chi connectivity index (χ0n) is 10.8. The van der Waals surface area contributed by atoms with Crippen LogP contribution in [0.4, 0.5) is 5.69 Å². The zero-order chi connectivity index (χ0) is 13.2. The van der Waals surface area contributed by atoms with E-state index in [1.165, 1.54) is 11.1 Å². The first kappa shape index (κ1) is 12.2. The van der Waals surface area contributed by atoms with Gasteiger partial charge in [-0.2, -0.15) is 0 Å². The molecular weight excluding hydrogens is 254 g/mol. The number of para-hydroxylation sites is 1. The number of anilines is 1. The van der Waals surface area contributed by atoms with Crippen molar-refractivity contribution in [2.75, 3.05) is 11.5 Å². The Morgan fingerprint density at radius 2 is 1.79 bits per heavy atom. The minimum atomic E-state index is 0.459. The van der Waals surface area contributed by atoms with Gasteiger partial charge in [-0.05, 0) is 25.1 Å². The molecule has 2 nitrogen and oxygen atoms in total. The number of hydrogen-bond donors (Lipinski definition) is 0. The molecule has 1 aliphatic heterocycles. The average molecular weight is 269 g/mol. The lowest BCUT2D eigenvalue weighted by Gasteiger charge is -2.22. The van der Waals surface area contributed by atoms with Crippen molar-refractivity contribution in [3.05, 3.63) is 59.7 Å². The van der Waals surface area contributed by atoms with E-state index in [9.17, 15) is 0 Å². The van der Waals surface area contributed by atoms with Crippen molar-refractivity contribution in [3.63, 3.8) is 0 Å². The highest BCUT2D eigenvalue weighted by atomic mass is 32.1. The van der Waals surface area contributed by atoms with E-state index in [1.807, 2.05) is 18.2 Å². The topological polar surface area (TPSA) is 12.5 Å². The van der Waals surface area contributed by atoms with Gasteiger partial charge in [-0.25, -0.2) is 0 Å². The molecule has 0 fully saturated rings. The molecule has 0 spiro atoms. The fourth-order valence-electron chi connectivity index (χ4n) is 2.21. The minimum Gasteiger partial charge on any atom is -0.486 e. The number of fused-ring (bicyclic) bond motifs is 1. The standard InChI is InChI=1S/C16H15NOS/c1-12-6-8-14(9-7-12)17-10-13-4-2-3-5-15(13)18-11-16(17)19/h2-9H,10-11H2,1H3. The lowest BCUT2D eigenvalue weighted by Crippen LogP contribution is -2.30. The summed E-state index contributed by atoms with van der Waals surface area (Å²) >= 11 is 5.48. The average Bonchev–Trinajstić information content (AvgIpc) is 2.60. The number of benzene rings is 2. The van der Waals surface area contributed by atoms with Crippen molar-refractivity contribution in [2.45, 2.75) is 13.5 Å². The van der Waals surface area contributed by atoms with Crippen LogP contribution in [-0.2, 0) is 6.54 Å². The van der Waals surface area contributed by atoms with Gasteiger partial charge in [0.05, 0.1) is 6.54 Å². The van der Waals surface area contributed by atoms with Gasteiger partial charge in [0.2, 0.25) is 0 Å². The van der Waals surface area contributed by atoms with E-state index in [1.54, 1.807) is 0 Å². The van der Waals surface area contributed by atoms with Gasteiger partial charge in [0.25, 0.3) is 0 Å². The molecular formula is C16H15NOS. The molecule has 0 unspecified atom stereocenters. The van der Waals surface area contributed by atoms with Crippen molar-refractivity contribution >= 4 is 22.9 Å². The van der Waals surface area contributed by atoms with E-state index in [4.69, 9.17) is 17.0 Å². The molecule has 96 valence electrons. The lowest BCUT2D eigenvalue weighted by molar-refractivity contribution is 0.378. The third-order valence-electron chi connectivity index (χ3n) is 3.30. The molecule has 19 heavy (non-hydrogen) atoms. The fraction of sp³-hybridized carbons (Fsp3) is 0.188. The Morgan fingerprint density at radius 3 is 2.58 bits per heavy atom. The molecule has 0 aliphatic carbocycles. The monoisotopic (exact) mass is 269 g/mol. The van der Waals surface area contributed by atoms with Crippen LogP contribution >= 0.6 is 12.2 Å². The first-order valence-corrected chi connectivity index (χ1v) is 6.72. The highest BCUT2D eigenvalue weighted by Gasteiger charge is 2.19. The highest BCUT2D eigenvalue weighted by Crippen LogP contribution is 2.27. The summed E-state index contributed by atoms with van der Waals surface area (Å²) in [5, 5.41) is 0. The molecule has 3 rings (SSSR count). The Balaban J connectivity index is 1.97. The van der Waals surface area contributed by atoms with Crippen LogP contribution in [0.2, 0.25) is 0 Å². The molecule has 0 bridgehead atoms. The van der Waals surface area contributed by atoms with Crippen molar-refractivity contribution in [2.24, 2.45) is 0 Å². The molecule has 0 saturated heterocycles. The summed E-state index contributed by atoms with van der Waals surface area (Å²) in [6.45, 7) is 3.31. The third kappa shape index (κ3) is 2.47. The van der Waals surface area contributed by atoms with Crippen LogP contribution in [0.1, 0.15) is 11.1 Å². The number of aryl methyl sites for hydroxylation is 1. The van der Waals surface area contributed by atoms with E-state index in [-0.39, 0.29) is 0 Å². The number of hydrogen-bond acceptors (Lipinski definition) is 2. The molecule has 3 heteroatoms. The summed E-state index contributed by atoms with van der Waals surface area (Å²) in [7, 11) is 0. The second kappa shape index (κ2) is 5.02. The van der Waals surface area contributed by atoms with Crippen LogP contribution in [0, 0.1) is 6.92 Å². The summed E-state index contributed by atoms with van der Waals surface area (Å²) in [6.07, 6.45) is 0. The van der Waals surface area contributed by atoms with Gasteiger partial charge in [0.15, 0.2) is 0 Å². The molecule has 1 heterocycles. The van der Waals surface area contributed by atoms with Gasteiger partial charge in [-0.3, -0.25) is 0 Å². The van der Waals surface area contributed by atoms with Crippen LogP contribution in [0.5, 0.6) is 5.75 Å². The third-order valence-corrected chi connectivity index (χ3v) is 3.64. The summed E-state index contributed by atoms with van der Waals surface area (Å²) in [5.74, 6) is 0.930. The highest BCUT2D eigenvalue weighted by molar-refractivity contribution is 7.80. The van der Waals surface area contributed by atoms with Crippen molar-refractivity contribution < 1.29 is 4.74 Å². The Hall–Kier alpha value is -1.87. The maximum atomic E-state index is 5.75. The second-order valence-corrected chi connectivity index (χ2v) is 5.18. The summed E-state index contributed by atoms with van der Waals surface area (Å²) in [4.78, 5) is 2.96. The molecule has 0 saturated carbocycles. The smallest absolute Gasteiger partial charge is 0.139 e. The van der Waals surface area contributed by atoms with Crippen molar-refractivity contribution in [1.82, 2.24) is 0 Å². The molecule has 2 aromatic rings. The van der Waals surface area contributed by atoms with Gasteiger partial charge in [-0.1, -0.05) is 48.1 Å². The number of nitrogens with zero attached hydrogens (tertiary/aromatic N) is 1. The van der Waals surface area contributed by atoms with E-state index in [0.29, 0.717) is 6.61 Å². The minimum absolute atomic E-state index is 0.459. The first-order chi connectivity index (χ1) is 9.24. The molecule has 1 aliphatic rings. The van der Waals surface area contributed by atoms with Gasteiger partial charge < -0.3 is 9.64 Å². The Bertz CT molecular complexity index is 606. The van der Waals surface area contributed by atoms with Crippen LogP contribution in [0.15, 0.2) is 48.5 Å². The van der Waals surface area contributed by atoms with Gasteiger partial charge in [-0.15, -0.1) is 0 Å². The van der Waals surface area contributed by atoms with Crippen LogP contribution < -0.4 is 9.64 Å². The fourth-order valence-corrected chi connectivity index (χ4v) is 2.44. The maximum absolute atomic E-state index is 5.75. The molecule has 0 aromatic heterocycles. The van der Waals surface area contributed by atoms with Gasteiger partial charge >= 0.3 is 0 Å². The molecule has 0 radical (unpaired) electrons. The largest absolute Gasteiger partial charge is 0.486 e. The number of thiocarbonyl (C=S) groups is 1. The Kier molecular flexibility index (Phi) is 3.22. The lowest BCUT2D eigenvalue weighted by atomic mass is 10.1. The second-order valence-electron chi connectivity index (χ2n) is 4.71. The molecule has 0 N–H and O–H groups in total.